The van der Waals surface area contributed by atoms with Crippen molar-refractivity contribution in [1.82, 2.24) is 24.6 Å². The Balaban J connectivity index is 1.27. The molecule has 0 radical (unpaired) electrons. The summed E-state index contributed by atoms with van der Waals surface area (Å²) in [6, 6.07) is 5.30. The van der Waals surface area contributed by atoms with Gasteiger partial charge >= 0.3 is 0 Å². The van der Waals surface area contributed by atoms with Crippen LogP contribution in [0.5, 0.6) is 0 Å². The number of carbonyl (C=O) groups is 2. The van der Waals surface area contributed by atoms with Crippen molar-refractivity contribution in [3.05, 3.63) is 48.2 Å². The summed E-state index contributed by atoms with van der Waals surface area (Å²) in [4.78, 5) is 35.8. The topological polar surface area (TPSA) is 110 Å². The van der Waals surface area contributed by atoms with Crippen molar-refractivity contribution < 1.29 is 14.0 Å². The maximum atomic E-state index is 13.0. The number of hydrogen-bond acceptors (Lipinski definition) is 6. The van der Waals surface area contributed by atoms with Gasteiger partial charge in [-0.1, -0.05) is 12.1 Å². The molecule has 156 valence electrons. The van der Waals surface area contributed by atoms with Crippen LogP contribution < -0.4 is 10.6 Å². The predicted octanol–water partition coefficient (Wildman–Crippen LogP) is 1.19. The van der Waals surface area contributed by atoms with E-state index < -0.39 is 11.7 Å². The number of benzene rings is 1. The molecule has 1 aromatic carbocycles. The molecule has 0 saturated carbocycles. The predicted molar refractivity (Wildman–Crippen MR) is 108 cm³/mol. The van der Waals surface area contributed by atoms with Crippen LogP contribution >= 0.6 is 0 Å². The fourth-order valence-electron chi connectivity index (χ4n) is 3.58. The average Bonchev–Trinajstić information content (AvgIpc) is 3.17. The Morgan fingerprint density at radius 2 is 1.83 bits per heavy atom. The van der Waals surface area contributed by atoms with Crippen molar-refractivity contribution in [1.29, 1.82) is 0 Å². The molecule has 2 aromatic heterocycles. The standard InChI is InChI=1S/C20H22FN7O2/c21-15-11-23-20(24-12-15)27-9-7-26(8-10-27)17(29)5-2-6-28-13-14-3-1-4-16(19(22)30)18(14)25-28/h1,3-4,11-13H,2,5-10H2,(H2,22,30). The highest BCUT2D eigenvalue weighted by Crippen LogP contribution is 2.17. The number of hydrogen-bond donors (Lipinski definition) is 1. The van der Waals surface area contributed by atoms with Crippen LogP contribution in [0.3, 0.4) is 0 Å². The first-order valence-corrected chi connectivity index (χ1v) is 9.77. The molecule has 1 saturated heterocycles. The summed E-state index contributed by atoms with van der Waals surface area (Å²) >= 11 is 0. The van der Waals surface area contributed by atoms with Gasteiger partial charge in [0.2, 0.25) is 11.9 Å². The van der Waals surface area contributed by atoms with E-state index in [9.17, 15) is 14.0 Å². The Labute approximate surface area is 172 Å². The molecule has 3 heterocycles. The Morgan fingerprint density at radius 1 is 1.10 bits per heavy atom. The van der Waals surface area contributed by atoms with Crippen LogP contribution in [0, 0.1) is 5.82 Å². The van der Waals surface area contributed by atoms with Crippen molar-refractivity contribution in [2.24, 2.45) is 5.73 Å². The molecule has 4 rings (SSSR count). The van der Waals surface area contributed by atoms with Crippen molar-refractivity contribution in [3.63, 3.8) is 0 Å². The number of piperazine rings is 1. The Kier molecular flexibility index (Phi) is 5.55. The van der Waals surface area contributed by atoms with Crippen molar-refractivity contribution in [2.45, 2.75) is 19.4 Å². The summed E-state index contributed by atoms with van der Waals surface area (Å²) in [5.74, 6) is -0.413. The van der Waals surface area contributed by atoms with Crippen LogP contribution in [-0.2, 0) is 11.3 Å². The van der Waals surface area contributed by atoms with E-state index in [1.165, 1.54) is 0 Å². The lowest BCUT2D eigenvalue weighted by molar-refractivity contribution is -0.131. The molecule has 0 bridgehead atoms. The Morgan fingerprint density at radius 3 is 2.53 bits per heavy atom. The number of aromatic nitrogens is 4. The van der Waals surface area contributed by atoms with Crippen LogP contribution in [0.1, 0.15) is 23.2 Å². The van der Waals surface area contributed by atoms with E-state index in [4.69, 9.17) is 5.73 Å². The van der Waals surface area contributed by atoms with Gasteiger partial charge in [-0.15, -0.1) is 0 Å². The molecule has 30 heavy (non-hydrogen) atoms. The zero-order valence-electron chi connectivity index (χ0n) is 16.4. The summed E-state index contributed by atoms with van der Waals surface area (Å²) in [5, 5.41) is 5.28. The second-order valence-corrected chi connectivity index (χ2v) is 7.17. The third kappa shape index (κ3) is 4.22. The quantitative estimate of drug-likeness (QED) is 0.653. The van der Waals surface area contributed by atoms with Crippen LogP contribution in [0.15, 0.2) is 36.8 Å². The molecule has 0 spiro atoms. The highest BCUT2D eigenvalue weighted by Gasteiger charge is 2.22. The SMILES string of the molecule is NC(=O)c1cccc2cn(CCCC(=O)N3CCN(c4ncc(F)cn4)CC3)nc12. The first kappa shape index (κ1) is 19.7. The smallest absolute Gasteiger partial charge is 0.250 e. The third-order valence-electron chi connectivity index (χ3n) is 5.15. The number of nitrogens with zero attached hydrogens (tertiary/aromatic N) is 6. The fourth-order valence-corrected chi connectivity index (χ4v) is 3.58. The molecule has 9 nitrogen and oxygen atoms in total. The molecule has 2 N–H and O–H groups in total. The molecule has 1 fully saturated rings. The zero-order chi connectivity index (χ0) is 21.1. The van der Waals surface area contributed by atoms with E-state index >= 15 is 0 Å². The Hall–Kier alpha value is -3.56. The number of fused-ring (bicyclic) bond motifs is 1. The van der Waals surface area contributed by atoms with Crippen molar-refractivity contribution in [2.75, 3.05) is 31.1 Å². The van der Waals surface area contributed by atoms with E-state index in [0.29, 0.717) is 62.6 Å². The second kappa shape index (κ2) is 8.44. The summed E-state index contributed by atoms with van der Waals surface area (Å²) in [5.41, 5.74) is 6.37. The van der Waals surface area contributed by atoms with E-state index in [2.05, 4.69) is 15.1 Å². The maximum Gasteiger partial charge on any atom is 0.250 e. The molecule has 3 aromatic rings. The maximum absolute atomic E-state index is 13.0. The molecular formula is C20H22FN7O2. The molecule has 0 unspecified atom stereocenters. The van der Waals surface area contributed by atoms with Crippen molar-refractivity contribution >= 4 is 28.7 Å². The monoisotopic (exact) mass is 411 g/mol. The van der Waals surface area contributed by atoms with Gasteiger partial charge in [-0.25, -0.2) is 14.4 Å². The molecule has 10 heteroatoms. The number of halogens is 1. The second-order valence-electron chi connectivity index (χ2n) is 7.17. The number of nitrogens with two attached hydrogens (primary N) is 1. The zero-order valence-corrected chi connectivity index (χ0v) is 16.4. The number of aryl methyl sites for hydroxylation is 1. The number of rotatable bonds is 6. The molecular weight excluding hydrogens is 389 g/mol. The summed E-state index contributed by atoms with van der Waals surface area (Å²) in [6.45, 7) is 2.94. The van der Waals surface area contributed by atoms with E-state index in [0.717, 1.165) is 17.8 Å². The van der Waals surface area contributed by atoms with Gasteiger partial charge in [-0.05, 0) is 12.5 Å². The first-order chi connectivity index (χ1) is 14.5. The largest absolute Gasteiger partial charge is 0.366 e. The summed E-state index contributed by atoms with van der Waals surface area (Å²) in [7, 11) is 0. The number of carbonyl (C=O) groups excluding carboxylic acids is 2. The lowest BCUT2D eigenvalue weighted by atomic mass is 10.1. The Bertz CT molecular complexity index is 1060. The van der Waals surface area contributed by atoms with Gasteiger partial charge in [-0.3, -0.25) is 14.3 Å². The van der Waals surface area contributed by atoms with Gasteiger partial charge in [-0.2, -0.15) is 5.10 Å². The van der Waals surface area contributed by atoms with Crippen LogP contribution in [0.2, 0.25) is 0 Å². The highest BCUT2D eigenvalue weighted by molar-refractivity contribution is 6.04. The van der Waals surface area contributed by atoms with Crippen molar-refractivity contribution in [3.8, 4) is 0 Å². The van der Waals surface area contributed by atoms with Gasteiger partial charge in [0.25, 0.3) is 5.91 Å². The van der Waals surface area contributed by atoms with Gasteiger partial charge in [0.05, 0.1) is 18.0 Å². The van der Waals surface area contributed by atoms with Crippen LogP contribution in [0.4, 0.5) is 10.3 Å². The van der Waals surface area contributed by atoms with Gasteiger partial charge in [0.15, 0.2) is 5.82 Å². The number of anilines is 1. The van der Waals surface area contributed by atoms with Crippen LogP contribution in [-0.4, -0.2) is 62.6 Å². The molecule has 1 aliphatic rings. The number of amides is 2. The van der Waals surface area contributed by atoms with Gasteiger partial charge in [0.1, 0.15) is 5.52 Å². The molecule has 2 amide bonds. The minimum absolute atomic E-state index is 0.0872. The minimum Gasteiger partial charge on any atom is -0.366 e. The molecule has 1 aliphatic heterocycles. The third-order valence-corrected chi connectivity index (χ3v) is 5.15. The van der Waals surface area contributed by atoms with E-state index in [1.807, 2.05) is 22.1 Å². The average molecular weight is 411 g/mol. The van der Waals surface area contributed by atoms with Crippen LogP contribution in [0.25, 0.3) is 10.9 Å². The normalized spacial score (nSPS) is 14.3. The van der Waals surface area contributed by atoms with E-state index in [-0.39, 0.29) is 5.91 Å². The van der Waals surface area contributed by atoms with Gasteiger partial charge < -0.3 is 15.5 Å². The summed E-state index contributed by atoms with van der Waals surface area (Å²) < 4.78 is 14.7. The molecule has 0 aliphatic carbocycles. The lowest BCUT2D eigenvalue weighted by Crippen LogP contribution is -2.49. The van der Waals surface area contributed by atoms with Gasteiger partial charge in [0, 0.05) is 50.7 Å². The minimum atomic E-state index is -0.508. The fraction of sp³-hybridized carbons (Fsp3) is 0.350. The summed E-state index contributed by atoms with van der Waals surface area (Å²) in [6.07, 6.45) is 5.19. The molecule has 0 atom stereocenters. The lowest BCUT2D eigenvalue weighted by Gasteiger charge is -2.34. The van der Waals surface area contributed by atoms with E-state index in [1.54, 1.807) is 16.8 Å². The first-order valence-electron chi connectivity index (χ1n) is 9.77. The number of primary amides is 1. The highest BCUT2D eigenvalue weighted by atomic mass is 19.1.